The van der Waals surface area contributed by atoms with Gasteiger partial charge in [0, 0.05) is 0 Å². The third kappa shape index (κ3) is 3.99. The van der Waals surface area contributed by atoms with E-state index >= 15 is 0 Å². The van der Waals surface area contributed by atoms with Crippen LogP contribution in [-0.4, -0.2) is 17.7 Å². The van der Waals surface area contributed by atoms with Gasteiger partial charge in [0.25, 0.3) is 0 Å². The topological polar surface area (TPSA) is 89.3 Å². The molecule has 0 aliphatic heterocycles. The van der Waals surface area contributed by atoms with Crippen molar-refractivity contribution in [3.05, 3.63) is 46.5 Å². The maximum absolute atomic E-state index is 11.6. The Kier molecular flexibility index (Phi) is 5.54. The Labute approximate surface area is 160 Å². The summed E-state index contributed by atoms with van der Waals surface area (Å²) in [6.45, 7) is 8.61. The Bertz CT molecular complexity index is 850. The second-order valence-electron chi connectivity index (χ2n) is 7.10. The van der Waals surface area contributed by atoms with Gasteiger partial charge < -0.3 is 15.8 Å². The van der Waals surface area contributed by atoms with Gasteiger partial charge in [-0.2, -0.15) is 0 Å². The van der Waals surface area contributed by atoms with Crippen LogP contribution in [0, 0.1) is 13.8 Å². The van der Waals surface area contributed by atoms with Gasteiger partial charge in [-0.1, -0.05) is 24.6 Å². The number of fused-ring (bicyclic) bond motifs is 1. The number of hydrogen-bond acceptors (Lipinski definition) is 5. The second-order valence-corrected chi connectivity index (χ2v) is 7.10. The van der Waals surface area contributed by atoms with Gasteiger partial charge in [0.1, 0.15) is 11.6 Å². The van der Waals surface area contributed by atoms with E-state index in [0.717, 1.165) is 12.8 Å². The number of benzene rings is 1. The highest BCUT2D eigenvalue weighted by molar-refractivity contribution is 5.88. The van der Waals surface area contributed by atoms with Crippen LogP contribution in [0.4, 0.5) is 22.1 Å². The minimum Gasteiger partial charge on any atom is -0.450 e. The van der Waals surface area contributed by atoms with E-state index in [1.807, 2.05) is 6.07 Å². The Balaban J connectivity index is 1.81. The van der Waals surface area contributed by atoms with Crippen molar-refractivity contribution in [3.8, 4) is 0 Å². The molecule has 0 spiro atoms. The molecule has 0 saturated heterocycles. The zero-order valence-electron chi connectivity index (χ0n) is 16.4. The van der Waals surface area contributed by atoms with Crippen molar-refractivity contribution in [2.24, 2.45) is 0 Å². The van der Waals surface area contributed by atoms with Crippen molar-refractivity contribution in [2.75, 3.05) is 23.0 Å². The summed E-state index contributed by atoms with van der Waals surface area (Å²) >= 11 is 0. The molecule has 0 fully saturated rings. The highest BCUT2D eigenvalue weighted by atomic mass is 16.5. The van der Waals surface area contributed by atoms with Crippen molar-refractivity contribution in [2.45, 2.75) is 52.5 Å². The molecule has 0 saturated carbocycles. The third-order valence-corrected chi connectivity index (χ3v) is 5.12. The number of hydrogen-bond donors (Lipinski definition) is 3. The highest BCUT2D eigenvalue weighted by Crippen LogP contribution is 2.45. The number of anilines is 3. The fraction of sp³-hybridized carbons (Fsp3) is 0.429. The van der Waals surface area contributed by atoms with Crippen molar-refractivity contribution in [1.82, 2.24) is 4.98 Å². The number of rotatable bonds is 5. The van der Waals surface area contributed by atoms with Crippen LogP contribution in [0.25, 0.3) is 0 Å². The highest BCUT2D eigenvalue weighted by Gasteiger charge is 2.31. The number of nitrogens with one attached hydrogen (secondary N) is 2. The molecule has 27 heavy (non-hydrogen) atoms. The molecule has 0 bridgehead atoms. The Morgan fingerprint density at radius 2 is 2.07 bits per heavy atom. The lowest BCUT2D eigenvalue weighted by Crippen LogP contribution is -2.16. The van der Waals surface area contributed by atoms with Gasteiger partial charge in [-0.05, 0) is 68.4 Å². The fourth-order valence-electron chi connectivity index (χ4n) is 3.99. The van der Waals surface area contributed by atoms with E-state index in [2.05, 4.69) is 48.5 Å². The average Bonchev–Trinajstić information content (AvgIpc) is 2.95. The quantitative estimate of drug-likeness (QED) is 0.698. The molecular formula is C21H28N4O2. The standard InChI is InChI=1S/C21H28N4O2/c1-5-14-11-17(19-13(4)9-12(3)10-15(14)19)23-18-8-7-16(20(22)25-18)24-21(26)27-6-2/h7-10,14,17H,5-6,11H2,1-4H3,(H,24,26)(H3,22,23,25). The van der Waals surface area contributed by atoms with Crippen LogP contribution in [0.3, 0.4) is 0 Å². The molecule has 3 rings (SSSR count). The van der Waals surface area contributed by atoms with Gasteiger partial charge in [0.05, 0.1) is 18.3 Å². The predicted octanol–water partition coefficient (Wildman–Crippen LogP) is 4.90. The molecule has 1 aliphatic rings. The zero-order chi connectivity index (χ0) is 19.6. The summed E-state index contributed by atoms with van der Waals surface area (Å²) in [4.78, 5) is 16.0. The molecule has 6 heteroatoms. The molecular weight excluding hydrogens is 340 g/mol. The van der Waals surface area contributed by atoms with E-state index in [4.69, 9.17) is 10.5 Å². The number of carbonyl (C=O) groups is 1. The lowest BCUT2D eigenvalue weighted by molar-refractivity contribution is 0.168. The van der Waals surface area contributed by atoms with Gasteiger partial charge in [0.2, 0.25) is 0 Å². The fourth-order valence-corrected chi connectivity index (χ4v) is 3.99. The molecule has 2 unspecified atom stereocenters. The molecule has 4 N–H and O–H groups in total. The van der Waals surface area contributed by atoms with Gasteiger partial charge in [-0.15, -0.1) is 0 Å². The number of aromatic nitrogens is 1. The zero-order valence-corrected chi connectivity index (χ0v) is 16.4. The first-order valence-electron chi connectivity index (χ1n) is 9.50. The number of amides is 1. The summed E-state index contributed by atoms with van der Waals surface area (Å²) in [5.74, 6) is 1.52. The molecule has 0 radical (unpaired) electrons. The number of aryl methyl sites for hydroxylation is 2. The molecule has 1 aliphatic carbocycles. The molecule has 2 atom stereocenters. The van der Waals surface area contributed by atoms with Gasteiger partial charge >= 0.3 is 6.09 Å². The van der Waals surface area contributed by atoms with E-state index in [0.29, 0.717) is 24.0 Å². The normalized spacial score (nSPS) is 18.1. The number of carbonyl (C=O) groups excluding carboxylic acids is 1. The minimum absolute atomic E-state index is 0.210. The monoisotopic (exact) mass is 368 g/mol. The van der Waals surface area contributed by atoms with Gasteiger partial charge in [-0.25, -0.2) is 9.78 Å². The smallest absolute Gasteiger partial charge is 0.411 e. The van der Waals surface area contributed by atoms with E-state index in [9.17, 15) is 4.79 Å². The van der Waals surface area contributed by atoms with Crippen LogP contribution in [0.15, 0.2) is 24.3 Å². The molecule has 1 heterocycles. The lowest BCUT2D eigenvalue weighted by atomic mass is 9.95. The minimum atomic E-state index is -0.534. The van der Waals surface area contributed by atoms with Crippen molar-refractivity contribution in [3.63, 3.8) is 0 Å². The second kappa shape index (κ2) is 7.86. The Hall–Kier alpha value is -2.76. The summed E-state index contributed by atoms with van der Waals surface area (Å²) in [6, 6.07) is 8.34. The van der Waals surface area contributed by atoms with E-state index in [1.165, 1.54) is 22.3 Å². The third-order valence-electron chi connectivity index (χ3n) is 5.12. The van der Waals surface area contributed by atoms with Gasteiger partial charge in [-0.3, -0.25) is 5.32 Å². The Morgan fingerprint density at radius 1 is 1.30 bits per heavy atom. The maximum Gasteiger partial charge on any atom is 0.411 e. The SMILES string of the molecule is CCOC(=O)Nc1ccc(NC2CC(CC)c3cc(C)cc(C)c32)nc1N. The Morgan fingerprint density at radius 3 is 2.74 bits per heavy atom. The van der Waals surface area contributed by atoms with Crippen LogP contribution < -0.4 is 16.4 Å². The summed E-state index contributed by atoms with van der Waals surface area (Å²) in [5, 5.41) is 6.14. The van der Waals surface area contributed by atoms with Crippen LogP contribution >= 0.6 is 0 Å². The van der Waals surface area contributed by atoms with Crippen LogP contribution in [-0.2, 0) is 4.74 Å². The number of ether oxygens (including phenoxy) is 1. The maximum atomic E-state index is 11.6. The molecule has 2 aromatic rings. The first-order valence-corrected chi connectivity index (χ1v) is 9.50. The van der Waals surface area contributed by atoms with Crippen LogP contribution in [0.1, 0.15) is 60.9 Å². The number of nitrogens with two attached hydrogens (primary N) is 1. The summed E-state index contributed by atoms with van der Waals surface area (Å²) < 4.78 is 4.88. The van der Waals surface area contributed by atoms with Crippen molar-refractivity contribution < 1.29 is 9.53 Å². The average molecular weight is 368 g/mol. The van der Waals surface area contributed by atoms with Crippen LogP contribution in [0.2, 0.25) is 0 Å². The first-order chi connectivity index (χ1) is 12.9. The van der Waals surface area contributed by atoms with Crippen molar-refractivity contribution in [1.29, 1.82) is 0 Å². The van der Waals surface area contributed by atoms with E-state index < -0.39 is 6.09 Å². The largest absolute Gasteiger partial charge is 0.450 e. The molecule has 1 aromatic heterocycles. The van der Waals surface area contributed by atoms with E-state index in [1.54, 1.807) is 13.0 Å². The molecule has 144 valence electrons. The van der Waals surface area contributed by atoms with Crippen LogP contribution in [0.5, 0.6) is 0 Å². The predicted molar refractivity (Wildman–Crippen MR) is 109 cm³/mol. The lowest BCUT2D eigenvalue weighted by Gasteiger charge is -2.18. The molecule has 1 aromatic carbocycles. The number of nitrogen functional groups attached to an aromatic ring is 1. The van der Waals surface area contributed by atoms with E-state index in [-0.39, 0.29) is 11.9 Å². The number of nitrogens with zero attached hydrogens (tertiary/aromatic N) is 1. The number of pyridine rings is 1. The van der Waals surface area contributed by atoms with Crippen molar-refractivity contribution >= 4 is 23.4 Å². The summed E-state index contributed by atoms with van der Waals surface area (Å²) in [5.41, 5.74) is 11.9. The van der Waals surface area contributed by atoms with Gasteiger partial charge in [0.15, 0.2) is 0 Å². The summed E-state index contributed by atoms with van der Waals surface area (Å²) in [6.07, 6.45) is 1.63. The molecule has 6 nitrogen and oxygen atoms in total. The summed E-state index contributed by atoms with van der Waals surface area (Å²) in [7, 11) is 0. The first kappa shape index (κ1) is 19.0. The molecule has 1 amide bonds.